The van der Waals surface area contributed by atoms with Gasteiger partial charge in [0.15, 0.2) is 0 Å². The lowest BCUT2D eigenvalue weighted by Crippen LogP contribution is -2.49. The van der Waals surface area contributed by atoms with Crippen LogP contribution in [-0.2, 0) is 16.0 Å². The van der Waals surface area contributed by atoms with Gasteiger partial charge in [0.25, 0.3) is 0 Å². The second kappa shape index (κ2) is 8.43. The van der Waals surface area contributed by atoms with E-state index in [1.807, 2.05) is 23.1 Å². The molecule has 2 aliphatic rings. The number of rotatable bonds is 6. The molecule has 1 aromatic rings. The summed E-state index contributed by atoms with van der Waals surface area (Å²) in [5, 5.41) is 3.38. The lowest BCUT2D eigenvalue weighted by atomic mass is 10.2. The predicted octanol–water partition coefficient (Wildman–Crippen LogP) is 0.752. The highest BCUT2D eigenvalue weighted by Crippen LogP contribution is 2.16. The molecule has 0 saturated carbocycles. The average Bonchev–Trinajstić information content (AvgIpc) is 3.10. The Bertz CT molecular complexity index is 488. The lowest BCUT2D eigenvalue weighted by Gasteiger charge is -2.32. The molecule has 1 unspecified atom stereocenters. The molecule has 2 fully saturated rings. The van der Waals surface area contributed by atoms with Crippen molar-refractivity contribution in [3.8, 4) is 0 Å². The van der Waals surface area contributed by atoms with Gasteiger partial charge in [-0.1, -0.05) is 30.3 Å². The van der Waals surface area contributed by atoms with Crippen molar-refractivity contribution in [3.05, 3.63) is 35.9 Å². The second-order valence-electron chi connectivity index (χ2n) is 6.36. The molecular weight excluding hydrogens is 290 g/mol. The van der Waals surface area contributed by atoms with E-state index >= 15 is 0 Å². The summed E-state index contributed by atoms with van der Waals surface area (Å²) in [5.74, 6) is 0.135. The first-order chi connectivity index (χ1) is 11.3. The maximum absolute atomic E-state index is 12.3. The molecule has 1 amide bonds. The molecule has 3 rings (SSSR count). The van der Waals surface area contributed by atoms with Crippen LogP contribution < -0.4 is 5.32 Å². The van der Waals surface area contributed by atoms with Gasteiger partial charge in [-0.05, 0) is 18.4 Å². The van der Waals surface area contributed by atoms with E-state index in [0.29, 0.717) is 12.6 Å². The van der Waals surface area contributed by atoms with Gasteiger partial charge < -0.3 is 15.0 Å². The molecule has 0 bridgehead atoms. The molecule has 1 aromatic carbocycles. The summed E-state index contributed by atoms with van der Waals surface area (Å²) in [6, 6.07) is 10.8. The number of likely N-dealkylation sites (tertiary alicyclic amines) is 1. The van der Waals surface area contributed by atoms with Crippen LogP contribution in [-0.4, -0.2) is 74.2 Å². The molecule has 5 heteroatoms. The summed E-state index contributed by atoms with van der Waals surface area (Å²) in [7, 11) is 0. The van der Waals surface area contributed by atoms with Gasteiger partial charge in [-0.15, -0.1) is 0 Å². The Morgan fingerprint density at radius 3 is 2.74 bits per heavy atom. The largest absolute Gasteiger partial charge is 0.371 e. The van der Waals surface area contributed by atoms with Crippen LogP contribution in [0.4, 0.5) is 0 Å². The summed E-state index contributed by atoms with van der Waals surface area (Å²) in [5.41, 5.74) is 1.25. The first-order valence-electron chi connectivity index (χ1n) is 8.67. The van der Waals surface area contributed by atoms with Crippen LogP contribution in [0.15, 0.2) is 30.3 Å². The van der Waals surface area contributed by atoms with E-state index in [0.717, 1.165) is 52.1 Å². The minimum atomic E-state index is 0.135. The second-order valence-corrected chi connectivity index (χ2v) is 6.36. The third-order valence-corrected chi connectivity index (χ3v) is 4.79. The quantitative estimate of drug-likeness (QED) is 0.787. The molecule has 0 aromatic heterocycles. The van der Waals surface area contributed by atoms with Gasteiger partial charge in [0.05, 0.1) is 6.61 Å². The fourth-order valence-electron chi connectivity index (χ4n) is 3.40. The van der Waals surface area contributed by atoms with Crippen molar-refractivity contribution in [3.63, 3.8) is 0 Å². The highest BCUT2D eigenvalue weighted by Gasteiger charge is 2.30. The Labute approximate surface area is 138 Å². The number of ether oxygens (including phenoxy) is 1. The molecule has 23 heavy (non-hydrogen) atoms. The van der Waals surface area contributed by atoms with Gasteiger partial charge >= 0.3 is 0 Å². The van der Waals surface area contributed by atoms with Crippen LogP contribution in [0, 0.1) is 0 Å². The van der Waals surface area contributed by atoms with Crippen molar-refractivity contribution in [2.24, 2.45) is 0 Å². The molecule has 2 saturated heterocycles. The molecule has 0 aliphatic carbocycles. The Hall–Kier alpha value is -1.43. The van der Waals surface area contributed by atoms with Crippen LogP contribution in [0.5, 0.6) is 0 Å². The minimum Gasteiger partial charge on any atom is -0.371 e. The predicted molar refractivity (Wildman–Crippen MR) is 90.4 cm³/mol. The van der Waals surface area contributed by atoms with Crippen molar-refractivity contribution < 1.29 is 9.53 Å². The standard InChI is InChI=1S/C18H27N3O2/c22-18(15-23-13-7-16-4-2-1-3-5-16)21-10-6-17(14-21)20-11-8-19-9-12-20/h1-5,17,19H,6-15H2. The maximum Gasteiger partial charge on any atom is 0.248 e. The molecular formula is C18H27N3O2. The van der Waals surface area contributed by atoms with Gasteiger partial charge in [0.1, 0.15) is 6.61 Å². The molecule has 1 N–H and O–H groups in total. The third kappa shape index (κ3) is 4.77. The number of benzene rings is 1. The van der Waals surface area contributed by atoms with E-state index in [9.17, 15) is 4.79 Å². The number of hydrogen-bond donors (Lipinski definition) is 1. The topological polar surface area (TPSA) is 44.8 Å². The zero-order chi connectivity index (χ0) is 15.9. The van der Waals surface area contributed by atoms with Crippen LogP contribution in [0.1, 0.15) is 12.0 Å². The highest BCUT2D eigenvalue weighted by atomic mass is 16.5. The molecule has 2 heterocycles. The van der Waals surface area contributed by atoms with Crippen molar-refractivity contribution in [2.45, 2.75) is 18.9 Å². The number of amides is 1. The fraction of sp³-hybridized carbons (Fsp3) is 0.611. The van der Waals surface area contributed by atoms with E-state index in [1.54, 1.807) is 0 Å². The molecule has 1 atom stereocenters. The Kier molecular flexibility index (Phi) is 6.02. The third-order valence-electron chi connectivity index (χ3n) is 4.79. The van der Waals surface area contributed by atoms with Gasteiger partial charge in [-0.3, -0.25) is 9.69 Å². The van der Waals surface area contributed by atoms with E-state index in [-0.39, 0.29) is 12.5 Å². The number of hydrogen-bond acceptors (Lipinski definition) is 4. The number of carbonyl (C=O) groups excluding carboxylic acids is 1. The summed E-state index contributed by atoms with van der Waals surface area (Å²) in [4.78, 5) is 16.7. The smallest absolute Gasteiger partial charge is 0.248 e. The molecule has 0 radical (unpaired) electrons. The van der Waals surface area contributed by atoms with Crippen LogP contribution >= 0.6 is 0 Å². The molecule has 0 spiro atoms. The number of nitrogens with zero attached hydrogens (tertiary/aromatic N) is 2. The average molecular weight is 317 g/mol. The first-order valence-corrected chi connectivity index (χ1v) is 8.67. The normalized spacial score (nSPS) is 22.4. The Morgan fingerprint density at radius 1 is 1.17 bits per heavy atom. The van der Waals surface area contributed by atoms with Gasteiger partial charge in [0.2, 0.25) is 5.91 Å². The summed E-state index contributed by atoms with van der Waals surface area (Å²) in [6.07, 6.45) is 1.95. The van der Waals surface area contributed by atoms with E-state index in [1.165, 1.54) is 5.56 Å². The van der Waals surface area contributed by atoms with E-state index in [4.69, 9.17) is 4.74 Å². The number of carbonyl (C=O) groups is 1. The first kappa shape index (κ1) is 16.4. The van der Waals surface area contributed by atoms with E-state index < -0.39 is 0 Å². The SMILES string of the molecule is O=C(COCCc1ccccc1)N1CCC(N2CCNCC2)C1. The van der Waals surface area contributed by atoms with Crippen LogP contribution in [0.3, 0.4) is 0 Å². The monoisotopic (exact) mass is 317 g/mol. The Morgan fingerprint density at radius 2 is 1.96 bits per heavy atom. The lowest BCUT2D eigenvalue weighted by molar-refractivity contribution is -0.135. The zero-order valence-electron chi connectivity index (χ0n) is 13.7. The van der Waals surface area contributed by atoms with E-state index in [2.05, 4.69) is 22.3 Å². The summed E-state index contributed by atoms with van der Waals surface area (Å²) >= 11 is 0. The molecule has 126 valence electrons. The van der Waals surface area contributed by atoms with Crippen molar-refractivity contribution in [1.82, 2.24) is 15.1 Å². The van der Waals surface area contributed by atoms with Gasteiger partial charge in [0, 0.05) is 45.3 Å². The Balaban J connectivity index is 1.34. The fourth-order valence-corrected chi connectivity index (χ4v) is 3.40. The summed E-state index contributed by atoms with van der Waals surface area (Å²) in [6.45, 7) is 6.86. The minimum absolute atomic E-state index is 0.135. The van der Waals surface area contributed by atoms with Crippen molar-refractivity contribution in [1.29, 1.82) is 0 Å². The van der Waals surface area contributed by atoms with Gasteiger partial charge in [-0.25, -0.2) is 0 Å². The maximum atomic E-state index is 12.3. The number of piperazine rings is 1. The van der Waals surface area contributed by atoms with Crippen molar-refractivity contribution in [2.75, 3.05) is 52.5 Å². The van der Waals surface area contributed by atoms with Crippen molar-refractivity contribution >= 4 is 5.91 Å². The summed E-state index contributed by atoms with van der Waals surface area (Å²) < 4.78 is 5.58. The van der Waals surface area contributed by atoms with Gasteiger partial charge in [-0.2, -0.15) is 0 Å². The zero-order valence-corrected chi connectivity index (χ0v) is 13.7. The van der Waals surface area contributed by atoms with Crippen LogP contribution in [0.2, 0.25) is 0 Å². The molecule has 2 aliphatic heterocycles. The molecule has 5 nitrogen and oxygen atoms in total. The highest BCUT2D eigenvalue weighted by molar-refractivity contribution is 5.77. The van der Waals surface area contributed by atoms with Crippen LogP contribution in [0.25, 0.3) is 0 Å². The number of nitrogens with one attached hydrogen (secondary N) is 1.